The highest BCUT2D eigenvalue weighted by Gasteiger charge is 2.18. The molecule has 0 radical (unpaired) electrons. The van der Waals surface area contributed by atoms with Crippen LogP contribution in [0.4, 0.5) is 0 Å². The minimum Gasteiger partial charge on any atom is -0.450 e. The Morgan fingerprint density at radius 1 is 0.815 bits per heavy atom. The maximum Gasteiger partial charge on any atom is 0.213 e. The zero-order chi connectivity index (χ0) is 21.2. The first-order valence-electron chi connectivity index (χ1n) is 10.6. The Bertz CT molecular complexity index is 1460. The summed E-state index contributed by atoms with van der Waals surface area (Å²) in [5.41, 5.74) is 6.26. The number of hydrogen-bond donors (Lipinski definition) is 0. The third kappa shape index (κ3) is 2.52. The average Bonchev–Trinajstić information content (AvgIpc) is 3.01. The molecule has 0 aliphatic rings. The predicted octanol–water partition coefficient (Wildman–Crippen LogP) is 6.16. The van der Waals surface area contributed by atoms with Crippen LogP contribution in [0.1, 0.15) is 20.8 Å². The molecular weight excluding hydrogens is 330 g/mol. The Hall–Kier alpha value is -3.13. The number of hydrogen-bond acceptors (Lipinski definition) is 1. The van der Waals surface area contributed by atoms with Crippen LogP contribution in [0.5, 0.6) is 0 Å². The fourth-order valence-corrected chi connectivity index (χ4v) is 3.94. The average molecular weight is 355 g/mol. The Morgan fingerprint density at radius 2 is 1.63 bits per heavy atom. The fraction of sp³-hybridized carbons (Fsp3) is 0.160. The van der Waals surface area contributed by atoms with E-state index in [0.29, 0.717) is 5.56 Å². The molecule has 0 atom stereocenters. The van der Waals surface area contributed by atoms with Gasteiger partial charge in [-0.15, -0.1) is 0 Å². The van der Waals surface area contributed by atoms with Crippen LogP contribution in [-0.4, -0.2) is 0 Å². The van der Waals surface area contributed by atoms with E-state index in [0.717, 1.165) is 38.8 Å². The van der Waals surface area contributed by atoms with E-state index >= 15 is 0 Å². The van der Waals surface area contributed by atoms with Crippen LogP contribution in [0.15, 0.2) is 65.2 Å². The van der Waals surface area contributed by atoms with Crippen molar-refractivity contribution >= 4 is 32.7 Å². The lowest BCUT2D eigenvalue weighted by Gasteiger charge is -2.05. The van der Waals surface area contributed by atoms with Crippen LogP contribution in [0.2, 0.25) is 0 Å². The van der Waals surface area contributed by atoms with Crippen LogP contribution in [0.3, 0.4) is 0 Å². The molecule has 0 bridgehead atoms. The number of nitrogens with zero attached hydrogens (tertiary/aromatic N) is 1. The molecule has 5 rings (SSSR count). The van der Waals surface area contributed by atoms with E-state index in [-0.39, 0.29) is 0 Å². The molecule has 27 heavy (non-hydrogen) atoms. The quantitative estimate of drug-likeness (QED) is 0.329. The molecule has 0 unspecified atom stereocenters. The van der Waals surface area contributed by atoms with Gasteiger partial charge in [0.25, 0.3) is 0 Å². The first-order chi connectivity index (χ1) is 14.2. The van der Waals surface area contributed by atoms with E-state index in [1.807, 2.05) is 30.8 Å². The van der Waals surface area contributed by atoms with Crippen molar-refractivity contribution in [1.29, 1.82) is 0 Å². The van der Waals surface area contributed by atoms with Gasteiger partial charge in [-0.2, -0.15) is 4.57 Å². The number of fused-ring (bicyclic) bond motifs is 4. The van der Waals surface area contributed by atoms with E-state index < -0.39 is 6.85 Å². The molecule has 0 saturated heterocycles. The molecule has 0 amide bonds. The predicted molar refractivity (Wildman–Crippen MR) is 112 cm³/mol. The summed E-state index contributed by atoms with van der Waals surface area (Å²) >= 11 is 0. The molecule has 0 fully saturated rings. The maximum absolute atomic E-state index is 7.66. The van der Waals surface area contributed by atoms with Gasteiger partial charge in [-0.1, -0.05) is 41.5 Å². The van der Waals surface area contributed by atoms with Gasteiger partial charge in [0.1, 0.15) is 12.6 Å². The van der Waals surface area contributed by atoms with Gasteiger partial charge in [0.15, 0.2) is 5.58 Å². The number of furan rings is 1. The highest BCUT2D eigenvalue weighted by atomic mass is 16.3. The zero-order valence-corrected chi connectivity index (χ0v) is 15.6. The highest BCUT2D eigenvalue weighted by Crippen LogP contribution is 2.34. The lowest BCUT2D eigenvalue weighted by molar-refractivity contribution is -0.659. The van der Waals surface area contributed by atoms with E-state index in [9.17, 15) is 0 Å². The van der Waals surface area contributed by atoms with Gasteiger partial charge in [0.2, 0.25) is 11.9 Å². The Balaban J connectivity index is 1.74. The summed E-state index contributed by atoms with van der Waals surface area (Å²) in [7, 11) is 1.99. The second kappa shape index (κ2) is 5.68. The largest absolute Gasteiger partial charge is 0.450 e. The van der Waals surface area contributed by atoms with E-state index in [4.69, 9.17) is 8.53 Å². The van der Waals surface area contributed by atoms with E-state index in [2.05, 4.69) is 43.3 Å². The van der Waals surface area contributed by atoms with Crippen LogP contribution >= 0.6 is 0 Å². The molecule has 0 aliphatic heterocycles. The highest BCUT2D eigenvalue weighted by molar-refractivity contribution is 6.10. The van der Waals surface area contributed by atoms with Gasteiger partial charge in [0.05, 0.1) is 0 Å². The van der Waals surface area contributed by atoms with E-state index in [1.54, 1.807) is 12.1 Å². The monoisotopic (exact) mass is 355 g/mol. The van der Waals surface area contributed by atoms with Crippen molar-refractivity contribution in [2.45, 2.75) is 20.7 Å². The second-order valence-corrected chi connectivity index (χ2v) is 7.38. The van der Waals surface area contributed by atoms with E-state index in [1.165, 1.54) is 16.3 Å². The number of pyridine rings is 1. The Kier molecular flexibility index (Phi) is 2.76. The Labute approximate surface area is 162 Å². The lowest BCUT2D eigenvalue weighted by Crippen LogP contribution is -2.30. The number of rotatable bonds is 1. The molecule has 2 nitrogen and oxygen atoms in total. The first-order valence-corrected chi connectivity index (χ1v) is 9.08. The van der Waals surface area contributed by atoms with Crippen LogP contribution in [0, 0.1) is 20.7 Å². The van der Waals surface area contributed by atoms with Gasteiger partial charge < -0.3 is 4.42 Å². The fourth-order valence-electron chi connectivity index (χ4n) is 3.94. The van der Waals surface area contributed by atoms with Gasteiger partial charge in [-0.25, -0.2) is 0 Å². The summed E-state index contributed by atoms with van der Waals surface area (Å²) in [4.78, 5) is 0. The molecule has 3 aromatic carbocycles. The second-order valence-electron chi connectivity index (χ2n) is 7.38. The molecule has 132 valence electrons. The van der Waals surface area contributed by atoms with Crippen molar-refractivity contribution in [1.82, 2.24) is 0 Å². The van der Waals surface area contributed by atoms with Crippen molar-refractivity contribution in [2.75, 3.05) is 0 Å². The summed E-state index contributed by atoms with van der Waals surface area (Å²) in [6.45, 7) is 1.95. The SMILES string of the molecule is [2H]C([2H])([2H])c1ccc(-c2cc3c(c[n+]2C)oc2cc4cc(C)ccc4cc23)c(C)c1. The van der Waals surface area contributed by atoms with Gasteiger partial charge in [-0.3, -0.25) is 0 Å². The summed E-state index contributed by atoms with van der Waals surface area (Å²) in [6.07, 6.45) is 2.00. The summed E-state index contributed by atoms with van der Waals surface area (Å²) in [5, 5.41) is 4.49. The summed E-state index contributed by atoms with van der Waals surface area (Å²) in [6, 6.07) is 18.2. The Morgan fingerprint density at radius 3 is 2.44 bits per heavy atom. The van der Waals surface area contributed by atoms with Gasteiger partial charge in [0, 0.05) is 26.5 Å². The summed E-state index contributed by atoms with van der Waals surface area (Å²) < 4.78 is 31.2. The molecule has 0 N–H and O–H groups in total. The number of benzene rings is 3. The standard InChI is InChI=1S/C25H22NO/c1-15-6-8-20(17(3)9-15)23-13-22-21-11-18-7-5-16(2)10-19(18)12-24(21)27-25(22)14-26(23)4/h5-14H,1-4H3/q+1/i1D3. The third-order valence-corrected chi connectivity index (χ3v) is 5.34. The maximum atomic E-state index is 7.66. The topological polar surface area (TPSA) is 17.0 Å². The molecule has 0 saturated carbocycles. The van der Waals surface area contributed by atoms with Crippen molar-refractivity contribution in [3.05, 3.63) is 77.5 Å². The van der Waals surface area contributed by atoms with Crippen molar-refractivity contribution in [3.8, 4) is 11.3 Å². The minimum absolute atomic E-state index is 0.364. The zero-order valence-electron chi connectivity index (χ0n) is 18.6. The van der Waals surface area contributed by atoms with Crippen LogP contribution in [0.25, 0.3) is 44.0 Å². The molecule has 2 heteroatoms. The van der Waals surface area contributed by atoms with Gasteiger partial charge in [-0.05, 0) is 55.2 Å². The van der Waals surface area contributed by atoms with Crippen LogP contribution in [-0.2, 0) is 7.05 Å². The van der Waals surface area contributed by atoms with Crippen molar-refractivity contribution in [3.63, 3.8) is 0 Å². The molecule has 0 aliphatic carbocycles. The normalized spacial score (nSPS) is 13.8. The molecule has 5 aromatic rings. The lowest BCUT2D eigenvalue weighted by atomic mass is 10.0. The molecule has 2 heterocycles. The minimum atomic E-state index is -2.10. The first kappa shape index (κ1) is 13.1. The molecule has 0 spiro atoms. The molecular formula is C25H22NO+. The van der Waals surface area contributed by atoms with Crippen LogP contribution < -0.4 is 4.57 Å². The third-order valence-electron chi connectivity index (χ3n) is 5.34. The smallest absolute Gasteiger partial charge is 0.213 e. The van der Waals surface area contributed by atoms with Gasteiger partial charge >= 0.3 is 0 Å². The molecule has 2 aromatic heterocycles. The van der Waals surface area contributed by atoms with Crippen molar-refractivity contribution in [2.24, 2.45) is 7.05 Å². The van der Waals surface area contributed by atoms with Crippen molar-refractivity contribution < 1.29 is 13.1 Å². The number of aryl methyl sites for hydroxylation is 4. The summed E-state index contributed by atoms with van der Waals surface area (Å²) in [5.74, 6) is 0. The number of aromatic nitrogens is 1.